The number of carbonyl (C=O) groups is 1. The number of nitrogens with one attached hydrogen (secondary N) is 1. The Hall–Kier alpha value is -3.64. The summed E-state index contributed by atoms with van der Waals surface area (Å²) in [6.07, 6.45) is 0. The van der Waals surface area contributed by atoms with Crippen LogP contribution in [0.3, 0.4) is 0 Å². The van der Waals surface area contributed by atoms with Gasteiger partial charge in [0, 0.05) is 16.8 Å². The highest BCUT2D eigenvalue weighted by Crippen LogP contribution is 2.36. The number of thiazole rings is 1. The zero-order chi connectivity index (χ0) is 20.3. The highest BCUT2D eigenvalue weighted by molar-refractivity contribution is 7.18. The van der Waals surface area contributed by atoms with Crippen LogP contribution in [0.15, 0.2) is 78.9 Å². The Morgan fingerprint density at radius 2 is 1.57 bits per heavy atom. The van der Waals surface area contributed by atoms with E-state index in [1.165, 1.54) is 11.3 Å². The molecule has 0 radical (unpaired) electrons. The molecule has 148 valence electrons. The highest BCUT2D eigenvalue weighted by atomic mass is 32.1. The maximum absolute atomic E-state index is 13.4. The third-order valence-electron chi connectivity index (χ3n) is 4.71. The van der Waals surface area contributed by atoms with Crippen molar-refractivity contribution in [3.63, 3.8) is 0 Å². The van der Waals surface area contributed by atoms with Gasteiger partial charge in [-0.25, -0.2) is 4.98 Å². The van der Waals surface area contributed by atoms with Gasteiger partial charge in [0.2, 0.25) is 5.78 Å². The molecule has 1 aromatic heterocycles. The number of hydrogen-bond donors (Lipinski definition) is 1. The zero-order valence-corrected chi connectivity index (χ0v) is 16.8. The third kappa shape index (κ3) is 3.65. The van der Waals surface area contributed by atoms with Gasteiger partial charge in [-0.1, -0.05) is 59.9 Å². The zero-order valence-electron chi connectivity index (χ0n) is 16.0. The summed E-state index contributed by atoms with van der Waals surface area (Å²) in [5, 5.41) is 3.97. The maximum Gasteiger partial charge on any atom is 0.205 e. The van der Waals surface area contributed by atoms with Gasteiger partial charge in [-0.3, -0.25) is 4.79 Å². The standard InChI is InChI=1S/C24H18N2O3S/c27-22(17-11-12-19-20(15-17)29-14-13-28-19)23-21(16-7-3-1-4-8-16)26-24(30-23)25-18-9-5-2-6-10-18/h1-12,15H,13-14H2,(H,25,26). The molecule has 0 unspecified atom stereocenters. The smallest absolute Gasteiger partial charge is 0.205 e. The van der Waals surface area contributed by atoms with Gasteiger partial charge in [0.05, 0.1) is 5.69 Å². The molecule has 2 heterocycles. The molecule has 1 aliphatic rings. The molecule has 0 aliphatic carbocycles. The molecule has 1 N–H and O–H groups in total. The largest absolute Gasteiger partial charge is 0.486 e. The number of carbonyl (C=O) groups excluding carboxylic acids is 1. The number of ketones is 1. The number of hydrogen-bond acceptors (Lipinski definition) is 6. The van der Waals surface area contributed by atoms with Crippen molar-refractivity contribution in [3.8, 4) is 22.8 Å². The van der Waals surface area contributed by atoms with Crippen LogP contribution in [-0.2, 0) is 0 Å². The van der Waals surface area contributed by atoms with E-state index in [0.29, 0.717) is 46.0 Å². The number of fused-ring (bicyclic) bond motifs is 1. The van der Waals surface area contributed by atoms with E-state index < -0.39 is 0 Å². The van der Waals surface area contributed by atoms with Crippen molar-refractivity contribution < 1.29 is 14.3 Å². The fraction of sp³-hybridized carbons (Fsp3) is 0.0833. The fourth-order valence-electron chi connectivity index (χ4n) is 3.28. The molecule has 1 aliphatic heterocycles. The first kappa shape index (κ1) is 18.4. The van der Waals surface area contributed by atoms with E-state index in [2.05, 4.69) is 5.32 Å². The number of benzene rings is 3. The van der Waals surface area contributed by atoms with Crippen LogP contribution in [0.1, 0.15) is 15.2 Å². The lowest BCUT2D eigenvalue weighted by molar-refractivity contribution is 0.104. The van der Waals surface area contributed by atoms with E-state index in [1.54, 1.807) is 18.2 Å². The van der Waals surface area contributed by atoms with Gasteiger partial charge < -0.3 is 14.8 Å². The second kappa shape index (κ2) is 8.00. The van der Waals surface area contributed by atoms with E-state index >= 15 is 0 Å². The molecule has 0 spiro atoms. The second-order valence-electron chi connectivity index (χ2n) is 6.74. The van der Waals surface area contributed by atoms with Gasteiger partial charge in [-0.05, 0) is 30.3 Å². The predicted octanol–water partition coefficient (Wildman–Crippen LogP) is 5.56. The maximum atomic E-state index is 13.4. The fourth-order valence-corrected chi connectivity index (χ4v) is 4.25. The Morgan fingerprint density at radius 1 is 0.867 bits per heavy atom. The van der Waals surface area contributed by atoms with Crippen molar-refractivity contribution in [2.24, 2.45) is 0 Å². The SMILES string of the molecule is O=C(c1ccc2c(c1)OCCO2)c1sc(Nc2ccccc2)nc1-c1ccccc1. The number of rotatable bonds is 5. The number of para-hydroxylation sites is 1. The van der Waals surface area contributed by atoms with E-state index in [9.17, 15) is 4.79 Å². The van der Waals surface area contributed by atoms with Crippen LogP contribution in [-0.4, -0.2) is 24.0 Å². The predicted molar refractivity (Wildman–Crippen MR) is 118 cm³/mol. The molecule has 4 aromatic rings. The second-order valence-corrected chi connectivity index (χ2v) is 7.74. The molecule has 3 aromatic carbocycles. The van der Waals surface area contributed by atoms with E-state index in [4.69, 9.17) is 14.5 Å². The summed E-state index contributed by atoms with van der Waals surface area (Å²) in [5.41, 5.74) is 3.03. The van der Waals surface area contributed by atoms with Crippen LogP contribution in [0.5, 0.6) is 11.5 Å². The molecular formula is C24H18N2O3S. The van der Waals surface area contributed by atoms with Gasteiger partial charge in [0.15, 0.2) is 16.6 Å². The van der Waals surface area contributed by atoms with Crippen LogP contribution in [0, 0.1) is 0 Å². The molecule has 5 rings (SSSR count). The first-order valence-electron chi connectivity index (χ1n) is 9.60. The molecule has 0 fully saturated rings. The van der Waals surface area contributed by atoms with Crippen LogP contribution in [0.2, 0.25) is 0 Å². The quantitative estimate of drug-likeness (QED) is 0.434. The first-order chi connectivity index (χ1) is 14.8. The summed E-state index contributed by atoms with van der Waals surface area (Å²) in [7, 11) is 0. The molecule has 0 atom stereocenters. The normalized spacial score (nSPS) is 12.4. The molecule has 0 amide bonds. The molecule has 6 heteroatoms. The average Bonchev–Trinajstić information content (AvgIpc) is 3.23. The Balaban J connectivity index is 1.55. The Morgan fingerprint density at radius 3 is 2.33 bits per heavy atom. The van der Waals surface area contributed by atoms with Gasteiger partial charge in [0.1, 0.15) is 18.1 Å². The lowest BCUT2D eigenvalue weighted by Crippen LogP contribution is -2.15. The van der Waals surface area contributed by atoms with Gasteiger partial charge in [-0.15, -0.1) is 0 Å². The van der Waals surface area contributed by atoms with Gasteiger partial charge >= 0.3 is 0 Å². The molecule has 0 saturated heterocycles. The van der Waals surface area contributed by atoms with Crippen LogP contribution >= 0.6 is 11.3 Å². The lowest BCUT2D eigenvalue weighted by atomic mass is 10.0. The summed E-state index contributed by atoms with van der Waals surface area (Å²) in [4.78, 5) is 18.8. The number of nitrogens with zero attached hydrogens (tertiary/aromatic N) is 1. The van der Waals surface area contributed by atoms with Crippen LogP contribution < -0.4 is 14.8 Å². The minimum Gasteiger partial charge on any atom is -0.486 e. The number of aromatic nitrogens is 1. The molecule has 30 heavy (non-hydrogen) atoms. The van der Waals surface area contributed by atoms with Gasteiger partial charge in [0.25, 0.3) is 0 Å². The summed E-state index contributed by atoms with van der Waals surface area (Å²) < 4.78 is 11.2. The van der Waals surface area contributed by atoms with E-state index in [1.807, 2.05) is 60.7 Å². The average molecular weight is 414 g/mol. The molecule has 0 bridgehead atoms. The van der Waals surface area contributed by atoms with E-state index in [0.717, 1.165) is 11.3 Å². The third-order valence-corrected chi connectivity index (χ3v) is 5.68. The van der Waals surface area contributed by atoms with Crippen molar-refractivity contribution in [3.05, 3.63) is 89.3 Å². The highest BCUT2D eigenvalue weighted by Gasteiger charge is 2.23. The van der Waals surface area contributed by atoms with Crippen LogP contribution in [0.25, 0.3) is 11.3 Å². The molecular weight excluding hydrogens is 396 g/mol. The number of ether oxygens (including phenoxy) is 2. The Bertz CT molecular complexity index is 1190. The molecule has 5 nitrogen and oxygen atoms in total. The van der Waals surface area contributed by atoms with Crippen LogP contribution in [0.4, 0.5) is 10.8 Å². The first-order valence-corrected chi connectivity index (χ1v) is 10.4. The van der Waals surface area contributed by atoms with E-state index in [-0.39, 0.29) is 5.78 Å². The Kier molecular flexibility index (Phi) is 4.91. The van der Waals surface area contributed by atoms with Crippen molar-refractivity contribution in [2.75, 3.05) is 18.5 Å². The minimum atomic E-state index is -0.0931. The summed E-state index contributed by atoms with van der Waals surface area (Å²) in [6.45, 7) is 0.993. The summed E-state index contributed by atoms with van der Waals surface area (Å²) >= 11 is 1.35. The molecule has 0 saturated carbocycles. The topological polar surface area (TPSA) is 60.5 Å². The Labute approximate surface area is 177 Å². The van der Waals surface area contributed by atoms with Gasteiger partial charge in [-0.2, -0.15) is 0 Å². The monoisotopic (exact) mass is 414 g/mol. The number of anilines is 2. The van der Waals surface area contributed by atoms with Crippen molar-refractivity contribution in [1.29, 1.82) is 0 Å². The van der Waals surface area contributed by atoms with Crippen molar-refractivity contribution >= 4 is 27.9 Å². The lowest BCUT2D eigenvalue weighted by Gasteiger charge is -2.18. The summed E-state index contributed by atoms with van der Waals surface area (Å²) in [5.74, 6) is 1.17. The summed E-state index contributed by atoms with van der Waals surface area (Å²) in [6, 6.07) is 24.8. The minimum absolute atomic E-state index is 0.0931. The van der Waals surface area contributed by atoms with Crippen molar-refractivity contribution in [1.82, 2.24) is 4.98 Å². The van der Waals surface area contributed by atoms with Crippen molar-refractivity contribution in [2.45, 2.75) is 0 Å².